The van der Waals surface area contributed by atoms with E-state index in [0.717, 1.165) is 35.6 Å². The largest absolute Gasteiger partial charge is 0.394 e. The summed E-state index contributed by atoms with van der Waals surface area (Å²) in [5, 5.41) is 21.2. The van der Waals surface area contributed by atoms with Gasteiger partial charge in [0, 0.05) is 38.2 Å². The molecule has 2 heterocycles. The molecule has 34 heavy (non-hydrogen) atoms. The number of hydrogen-bond donors (Lipinski definition) is 3. The van der Waals surface area contributed by atoms with Gasteiger partial charge in [-0.3, -0.25) is 5.32 Å². The van der Waals surface area contributed by atoms with Crippen LogP contribution in [0.15, 0.2) is 24.3 Å². The summed E-state index contributed by atoms with van der Waals surface area (Å²) in [6, 6.07) is 3.32. The van der Waals surface area contributed by atoms with E-state index in [1.807, 2.05) is 0 Å². The number of aliphatic hydroxyl groups is 2. The summed E-state index contributed by atoms with van der Waals surface area (Å²) in [4.78, 5) is 19.9. The summed E-state index contributed by atoms with van der Waals surface area (Å²) >= 11 is 1.00. The first-order valence-electron chi connectivity index (χ1n) is 10.5. The van der Waals surface area contributed by atoms with E-state index in [1.54, 1.807) is 6.92 Å². The molecule has 2 atom stereocenters. The maximum atomic E-state index is 14.7. The van der Waals surface area contributed by atoms with Crippen LogP contribution in [0.2, 0.25) is 0 Å². The molecule has 2 amide bonds. The van der Waals surface area contributed by atoms with Gasteiger partial charge < -0.3 is 20.0 Å². The summed E-state index contributed by atoms with van der Waals surface area (Å²) in [5.74, 6) is -3.62. The molecule has 0 saturated carbocycles. The van der Waals surface area contributed by atoms with Gasteiger partial charge in [-0.25, -0.2) is 27.3 Å². The molecule has 1 saturated heterocycles. The van der Waals surface area contributed by atoms with E-state index in [4.69, 9.17) is 5.11 Å². The number of benzene rings is 2. The second-order valence-electron chi connectivity index (χ2n) is 8.12. The van der Waals surface area contributed by atoms with Crippen LogP contribution < -0.4 is 10.2 Å². The molecule has 0 radical (unpaired) electrons. The van der Waals surface area contributed by atoms with Gasteiger partial charge in [-0.1, -0.05) is 11.3 Å². The molecule has 0 bridgehead atoms. The highest BCUT2D eigenvalue weighted by Crippen LogP contribution is 2.30. The smallest absolute Gasteiger partial charge is 0.324 e. The highest BCUT2D eigenvalue weighted by atomic mass is 32.1. The zero-order valence-electron chi connectivity index (χ0n) is 18.1. The fraction of sp³-hybridized carbons (Fsp3) is 0.364. The summed E-state index contributed by atoms with van der Waals surface area (Å²) in [5.41, 5.74) is 0.226. The second-order valence-corrected chi connectivity index (χ2v) is 9.15. The van der Waals surface area contributed by atoms with Gasteiger partial charge in [-0.05, 0) is 30.7 Å². The zero-order chi connectivity index (χ0) is 24.6. The normalized spacial score (nSPS) is 17.3. The molecule has 1 aromatic heterocycles. The average Bonchev–Trinajstić information content (AvgIpc) is 3.14. The lowest BCUT2D eigenvalue weighted by Gasteiger charge is -2.40. The molecule has 4 rings (SSSR count). The van der Waals surface area contributed by atoms with Crippen molar-refractivity contribution in [2.45, 2.75) is 25.5 Å². The maximum Gasteiger partial charge on any atom is 0.324 e. The Morgan fingerprint density at radius 1 is 1.15 bits per heavy atom. The van der Waals surface area contributed by atoms with Crippen molar-refractivity contribution in [1.82, 2.24) is 9.88 Å². The first-order chi connectivity index (χ1) is 16.2. The molecule has 1 fully saturated rings. The third-order valence-electron chi connectivity index (χ3n) is 5.61. The number of aliphatic hydroxyl groups excluding tert-OH is 2. The number of halogens is 4. The van der Waals surface area contributed by atoms with Crippen molar-refractivity contribution in [2.75, 3.05) is 36.5 Å². The predicted molar refractivity (Wildman–Crippen MR) is 120 cm³/mol. The number of amides is 2. The fourth-order valence-electron chi connectivity index (χ4n) is 3.98. The van der Waals surface area contributed by atoms with E-state index in [0.29, 0.717) is 4.70 Å². The number of piperazine rings is 1. The van der Waals surface area contributed by atoms with Gasteiger partial charge in [0.1, 0.15) is 17.3 Å². The summed E-state index contributed by atoms with van der Waals surface area (Å²) < 4.78 is 56.6. The van der Waals surface area contributed by atoms with Crippen LogP contribution in [0.25, 0.3) is 10.2 Å². The predicted octanol–water partition coefficient (Wildman–Crippen LogP) is 3.49. The van der Waals surface area contributed by atoms with Crippen molar-refractivity contribution in [1.29, 1.82) is 0 Å². The Kier molecular flexibility index (Phi) is 6.91. The van der Waals surface area contributed by atoms with Crippen LogP contribution in [-0.2, 0) is 6.42 Å². The van der Waals surface area contributed by atoms with Gasteiger partial charge in [-0.2, -0.15) is 0 Å². The van der Waals surface area contributed by atoms with Gasteiger partial charge in [0.15, 0.2) is 16.8 Å². The lowest BCUT2D eigenvalue weighted by molar-refractivity contribution is 0.0954. The topological polar surface area (TPSA) is 88.9 Å². The number of fused-ring (bicyclic) bond motifs is 1. The van der Waals surface area contributed by atoms with E-state index >= 15 is 0 Å². The van der Waals surface area contributed by atoms with Gasteiger partial charge in [0.05, 0.1) is 22.9 Å². The van der Waals surface area contributed by atoms with Gasteiger partial charge in [-0.15, -0.1) is 0 Å². The Hall–Kier alpha value is -2.96. The van der Waals surface area contributed by atoms with Crippen molar-refractivity contribution in [2.24, 2.45) is 0 Å². The Morgan fingerprint density at radius 2 is 1.82 bits per heavy atom. The number of hydrogen-bond acceptors (Lipinski definition) is 6. The van der Waals surface area contributed by atoms with Gasteiger partial charge in [0.2, 0.25) is 0 Å². The van der Waals surface area contributed by atoms with E-state index in [-0.39, 0.29) is 48.0 Å². The number of urea groups is 1. The van der Waals surface area contributed by atoms with Crippen molar-refractivity contribution in [3.05, 3.63) is 53.1 Å². The second kappa shape index (κ2) is 9.72. The number of anilines is 2. The molecule has 7 nitrogen and oxygen atoms in total. The Bertz CT molecular complexity index is 1160. The standard InChI is InChI=1S/C22H22F4N4O3S/c1-11-9-29(20-16(25)5-12(6-17(20)26)4-13(32)10-31)2-3-30(11)22(33)28-21-27-18-7-14(23)15(24)8-19(18)34-21/h5-8,11,13,31-32H,2-4,9-10H2,1H3,(H,27,28,33). The first kappa shape index (κ1) is 24.2. The van der Waals surface area contributed by atoms with Gasteiger partial charge in [0.25, 0.3) is 0 Å². The van der Waals surface area contributed by atoms with Gasteiger partial charge >= 0.3 is 6.03 Å². The monoisotopic (exact) mass is 498 g/mol. The molecule has 2 unspecified atom stereocenters. The number of carbonyl (C=O) groups excluding carboxylic acids is 1. The van der Waals surface area contributed by atoms with E-state index in [2.05, 4.69) is 10.3 Å². The maximum absolute atomic E-state index is 14.7. The van der Waals surface area contributed by atoms with Crippen LogP contribution in [0.1, 0.15) is 12.5 Å². The van der Waals surface area contributed by atoms with Crippen LogP contribution in [0.5, 0.6) is 0 Å². The number of nitrogens with one attached hydrogen (secondary N) is 1. The number of carbonyl (C=O) groups is 1. The molecule has 1 aliphatic heterocycles. The fourth-order valence-corrected chi connectivity index (χ4v) is 4.84. The summed E-state index contributed by atoms with van der Waals surface area (Å²) in [6.45, 7) is 1.72. The third kappa shape index (κ3) is 4.93. The highest BCUT2D eigenvalue weighted by Gasteiger charge is 2.31. The molecule has 0 spiro atoms. The summed E-state index contributed by atoms with van der Waals surface area (Å²) in [7, 11) is 0. The first-order valence-corrected chi connectivity index (χ1v) is 11.3. The lowest BCUT2D eigenvalue weighted by Crippen LogP contribution is -2.55. The molecule has 3 N–H and O–H groups in total. The number of thiazole rings is 1. The number of rotatable bonds is 5. The van der Waals surface area contributed by atoms with Crippen molar-refractivity contribution < 1.29 is 32.6 Å². The molecule has 12 heteroatoms. The van der Waals surface area contributed by atoms with Crippen LogP contribution in [-0.4, -0.2) is 64.5 Å². The minimum Gasteiger partial charge on any atom is -0.394 e. The molecule has 3 aromatic rings. The Labute approximate surface area is 196 Å². The average molecular weight is 499 g/mol. The number of nitrogens with zero attached hydrogens (tertiary/aromatic N) is 3. The van der Waals surface area contributed by atoms with Crippen molar-refractivity contribution in [3.8, 4) is 0 Å². The molecule has 1 aliphatic rings. The summed E-state index contributed by atoms with van der Waals surface area (Å²) in [6.07, 6.45) is -1.19. The van der Waals surface area contributed by atoms with Crippen LogP contribution in [0.4, 0.5) is 33.2 Å². The Balaban J connectivity index is 1.43. The van der Waals surface area contributed by atoms with Crippen LogP contribution in [0, 0.1) is 23.3 Å². The van der Waals surface area contributed by atoms with Crippen LogP contribution in [0.3, 0.4) is 0 Å². The molecular weight excluding hydrogens is 476 g/mol. The van der Waals surface area contributed by atoms with Crippen LogP contribution >= 0.6 is 11.3 Å². The highest BCUT2D eigenvalue weighted by molar-refractivity contribution is 7.22. The van der Waals surface area contributed by atoms with Crippen molar-refractivity contribution in [3.63, 3.8) is 0 Å². The number of aromatic nitrogens is 1. The molecule has 2 aromatic carbocycles. The van der Waals surface area contributed by atoms with E-state index < -0.39 is 48.1 Å². The van der Waals surface area contributed by atoms with Crippen molar-refractivity contribution >= 4 is 38.4 Å². The molecule has 182 valence electrons. The molecule has 0 aliphatic carbocycles. The lowest BCUT2D eigenvalue weighted by atomic mass is 10.1. The minimum absolute atomic E-state index is 0.0833. The molecular formula is C22H22F4N4O3S. The minimum atomic E-state index is -1.11. The van der Waals surface area contributed by atoms with E-state index in [1.165, 1.54) is 9.80 Å². The quantitative estimate of drug-likeness (QED) is 0.469. The van der Waals surface area contributed by atoms with E-state index in [9.17, 15) is 27.5 Å². The third-order valence-corrected chi connectivity index (χ3v) is 6.54. The zero-order valence-corrected chi connectivity index (χ0v) is 18.9. The Morgan fingerprint density at radius 3 is 2.47 bits per heavy atom. The SMILES string of the molecule is CC1CN(c2c(F)cc(CC(O)CO)cc2F)CCN1C(=O)Nc1nc2cc(F)c(F)cc2s1.